The van der Waals surface area contributed by atoms with Crippen LogP contribution in [0.15, 0.2) is 24.5 Å². The second kappa shape index (κ2) is 5.96. The molecule has 1 fully saturated rings. The van der Waals surface area contributed by atoms with Gasteiger partial charge in [-0.15, -0.1) is 0 Å². The van der Waals surface area contributed by atoms with Crippen LogP contribution in [0.1, 0.15) is 25.7 Å². The topological polar surface area (TPSA) is 53.4 Å². The van der Waals surface area contributed by atoms with Gasteiger partial charge in [0.1, 0.15) is 0 Å². The van der Waals surface area contributed by atoms with Gasteiger partial charge in [0.25, 0.3) is 0 Å². The van der Waals surface area contributed by atoms with Crippen LogP contribution in [0.4, 0.5) is 5.69 Å². The number of nitrogens with zero attached hydrogens (tertiary/aromatic N) is 2. The Morgan fingerprint density at radius 2 is 1.94 bits per heavy atom. The lowest BCUT2D eigenvalue weighted by molar-refractivity contribution is -0.123. The Hall–Kier alpha value is -1.42. The third-order valence-electron chi connectivity index (χ3n) is 3.83. The summed E-state index contributed by atoms with van der Waals surface area (Å²) < 4.78 is 0. The van der Waals surface area contributed by atoms with Crippen molar-refractivity contribution in [2.24, 2.45) is 11.8 Å². The van der Waals surface area contributed by atoms with Crippen molar-refractivity contribution >= 4 is 11.6 Å². The van der Waals surface area contributed by atoms with E-state index in [1.165, 1.54) is 0 Å². The standard InChI is InChI=1S/C14H20N2O2/c1-16(13-6-8-15-9-7-13)14(18)12-4-2-11(10-17)3-5-12/h6-9,11-12,17H,2-5,10H2,1H3. The van der Waals surface area contributed by atoms with Gasteiger partial charge in [0, 0.05) is 37.7 Å². The van der Waals surface area contributed by atoms with E-state index in [1.807, 2.05) is 19.2 Å². The molecule has 0 bridgehead atoms. The molecule has 0 atom stereocenters. The Kier molecular flexibility index (Phi) is 4.31. The summed E-state index contributed by atoms with van der Waals surface area (Å²) in [6.07, 6.45) is 7.08. The smallest absolute Gasteiger partial charge is 0.229 e. The van der Waals surface area contributed by atoms with Crippen LogP contribution in [0.3, 0.4) is 0 Å². The summed E-state index contributed by atoms with van der Waals surface area (Å²) in [6.45, 7) is 0.251. The molecular weight excluding hydrogens is 228 g/mol. The molecular formula is C14H20N2O2. The molecule has 0 aromatic carbocycles. The number of aromatic nitrogens is 1. The van der Waals surface area contributed by atoms with E-state index < -0.39 is 0 Å². The summed E-state index contributed by atoms with van der Waals surface area (Å²) in [4.78, 5) is 18.0. The maximum Gasteiger partial charge on any atom is 0.229 e. The zero-order valence-electron chi connectivity index (χ0n) is 10.7. The zero-order chi connectivity index (χ0) is 13.0. The molecule has 1 aliphatic rings. The second-order valence-electron chi connectivity index (χ2n) is 5.00. The maximum atomic E-state index is 12.3. The van der Waals surface area contributed by atoms with Crippen LogP contribution in [0.2, 0.25) is 0 Å². The van der Waals surface area contributed by atoms with E-state index in [0.29, 0.717) is 5.92 Å². The van der Waals surface area contributed by atoms with Gasteiger partial charge in [-0.05, 0) is 43.7 Å². The van der Waals surface area contributed by atoms with E-state index in [-0.39, 0.29) is 18.4 Å². The molecule has 4 nitrogen and oxygen atoms in total. The minimum atomic E-state index is 0.103. The van der Waals surface area contributed by atoms with Gasteiger partial charge in [-0.1, -0.05) is 0 Å². The number of aliphatic hydroxyl groups excluding tert-OH is 1. The van der Waals surface area contributed by atoms with Crippen molar-refractivity contribution in [2.45, 2.75) is 25.7 Å². The summed E-state index contributed by atoms with van der Waals surface area (Å²) in [5.41, 5.74) is 0.888. The average Bonchev–Trinajstić information content (AvgIpc) is 2.47. The molecule has 0 saturated heterocycles. The average molecular weight is 248 g/mol. The lowest BCUT2D eigenvalue weighted by Crippen LogP contribution is -2.35. The van der Waals surface area contributed by atoms with Crippen LogP contribution >= 0.6 is 0 Å². The lowest BCUT2D eigenvalue weighted by Gasteiger charge is -2.29. The van der Waals surface area contributed by atoms with Crippen LogP contribution < -0.4 is 4.90 Å². The Morgan fingerprint density at radius 3 is 2.50 bits per heavy atom. The Labute approximate surface area is 108 Å². The highest BCUT2D eigenvalue weighted by Gasteiger charge is 2.28. The van der Waals surface area contributed by atoms with Crippen molar-refractivity contribution in [2.75, 3.05) is 18.6 Å². The van der Waals surface area contributed by atoms with Crippen molar-refractivity contribution in [3.8, 4) is 0 Å². The summed E-state index contributed by atoms with van der Waals surface area (Å²) in [5, 5.41) is 9.10. The molecule has 18 heavy (non-hydrogen) atoms. The third-order valence-corrected chi connectivity index (χ3v) is 3.83. The van der Waals surface area contributed by atoms with Crippen molar-refractivity contribution in [3.05, 3.63) is 24.5 Å². The van der Waals surface area contributed by atoms with Crippen molar-refractivity contribution < 1.29 is 9.90 Å². The molecule has 1 amide bonds. The van der Waals surface area contributed by atoms with Crippen LogP contribution in [0.25, 0.3) is 0 Å². The number of carbonyl (C=O) groups is 1. The van der Waals surface area contributed by atoms with Gasteiger partial charge < -0.3 is 10.0 Å². The molecule has 2 rings (SSSR count). The molecule has 1 saturated carbocycles. The summed E-state index contributed by atoms with van der Waals surface area (Å²) in [7, 11) is 1.82. The molecule has 1 aliphatic carbocycles. The van der Waals surface area contributed by atoms with E-state index in [0.717, 1.165) is 31.4 Å². The number of carbonyl (C=O) groups excluding carboxylic acids is 1. The number of hydrogen-bond donors (Lipinski definition) is 1. The minimum Gasteiger partial charge on any atom is -0.396 e. The molecule has 1 aromatic heterocycles. The third kappa shape index (κ3) is 2.88. The van der Waals surface area contributed by atoms with Crippen LogP contribution in [0.5, 0.6) is 0 Å². The molecule has 98 valence electrons. The monoisotopic (exact) mass is 248 g/mol. The Balaban J connectivity index is 1.96. The number of aliphatic hydroxyl groups is 1. The van der Waals surface area contributed by atoms with Crippen molar-refractivity contribution in [3.63, 3.8) is 0 Å². The number of rotatable bonds is 3. The lowest BCUT2D eigenvalue weighted by atomic mass is 9.82. The largest absolute Gasteiger partial charge is 0.396 e. The highest BCUT2D eigenvalue weighted by molar-refractivity contribution is 5.94. The SMILES string of the molecule is CN(C(=O)C1CCC(CO)CC1)c1ccncc1. The first-order valence-corrected chi connectivity index (χ1v) is 6.51. The first-order valence-electron chi connectivity index (χ1n) is 6.51. The second-order valence-corrected chi connectivity index (χ2v) is 5.00. The first-order chi connectivity index (χ1) is 8.72. The predicted octanol–water partition coefficient (Wildman–Crippen LogP) is 1.84. The molecule has 1 aromatic rings. The fourth-order valence-corrected chi connectivity index (χ4v) is 2.56. The quantitative estimate of drug-likeness (QED) is 0.888. The first kappa shape index (κ1) is 13.0. The summed E-state index contributed by atoms with van der Waals surface area (Å²) in [6, 6.07) is 3.69. The molecule has 1 N–H and O–H groups in total. The van der Waals surface area contributed by atoms with Gasteiger partial charge in [-0.25, -0.2) is 0 Å². The maximum absolute atomic E-state index is 12.3. The van der Waals surface area contributed by atoms with Crippen molar-refractivity contribution in [1.29, 1.82) is 0 Å². The van der Waals surface area contributed by atoms with Crippen LogP contribution in [0, 0.1) is 11.8 Å². The van der Waals surface area contributed by atoms with E-state index in [9.17, 15) is 4.79 Å². The highest BCUT2D eigenvalue weighted by atomic mass is 16.3. The van der Waals surface area contributed by atoms with E-state index in [4.69, 9.17) is 5.11 Å². The number of hydrogen-bond acceptors (Lipinski definition) is 3. The molecule has 0 radical (unpaired) electrons. The Bertz CT molecular complexity index is 386. The molecule has 0 unspecified atom stereocenters. The molecule has 0 aliphatic heterocycles. The molecule has 4 heteroatoms. The fourth-order valence-electron chi connectivity index (χ4n) is 2.56. The normalized spacial score (nSPS) is 23.7. The van der Waals surface area contributed by atoms with Crippen LogP contribution in [-0.4, -0.2) is 29.7 Å². The number of amides is 1. The number of anilines is 1. The van der Waals surface area contributed by atoms with Gasteiger partial charge in [-0.2, -0.15) is 0 Å². The molecule has 1 heterocycles. The van der Waals surface area contributed by atoms with E-state index in [2.05, 4.69) is 4.98 Å². The Morgan fingerprint density at radius 1 is 1.33 bits per heavy atom. The van der Waals surface area contributed by atoms with Gasteiger partial charge in [0.05, 0.1) is 0 Å². The van der Waals surface area contributed by atoms with Gasteiger partial charge in [-0.3, -0.25) is 9.78 Å². The van der Waals surface area contributed by atoms with E-state index in [1.54, 1.807) is 17.3 Å². The highest BCUT2D eigenvalue weighted by Crippen LogP contribution is 2.30. The van der Waals surface area contributed by atoms with Crippen LogP contribution in [-0.2, 0) is 4.79 Å². The fraction of sp³-hybridized carbons (Fsp3) is 0.571. The number of pyridine rings is 1. The molecule has 0 spiro atoms. The van der Waals surface area contributed by atoms with Gasteiger partial charge >= 0.3 is 0 Å². The predicted molar refractivity (Wildman–Crippen MR) is 70.2 cm³/mol. The van der Waals surface area contributed by atoms with Gasteiger partial charge in [0.15, 0.2) is 0 Å². The zero-order valence-corrected chi connectivity index (χ0v) is 10.7. The van der Waals surface area contributed by atoms with Crippen molar-refractivity contribution in [1.82, 2.24) is 4.98 Å². The van der Waals surface area contributed by atoms with Gasteiger partial charge in [0.2, 0.25) is 5.91 Å². The summed E-state index contributed by atoms with van der Waals surface area (Å²) >= 11 is 0. The van der Waals surface area contributed by atoms with E-state index >= 15 is 0 Å². The summed E-state index contributed by atoms with van der Waals surface area (Å²) in [5.74, 6) is 0.670. The minimum absolute atomic E-state index is 0.103.